The summed E-state index contributed by atoms with van der Waals surface area (Å²) < 4.78 is 5.47. The van der Waals surface area contributed by atoms with E-state index < -0.39 is 35.8 Å². The summed E-state index contributed by atoms with van der Waals surface area (Å²) in [4.78, 5) is 51.3. The maximum atomic E-state index is 13.8. The molecule has 0 fully saturated rings. The molecule has 10 nitrogen and oxygen atoms in total. The van der Waals surface area contributed by atoms with Crippen LogP contribution in [0.15, 0.2) is 77.8 Å². The highest BCUT2D eigenvalue weighted by atomic mass is 35.5. The number of aliphatic imine (C=N–C) groups is 1. The van der Waals surface area contributed by atoms with Crippen LogP contribution in [0.5, 0.6) is 5.75 Å². The van der Waals surface area contributed by atoms with Gasteiger partial charge in [0.2, 0.25) is 5.91 Å². The Balaban J connectivity index is 1.51. The van der Waals surface area contributed by atoms with E-state index in [-0.39, 0.29) is 19.5 Å². The minimum Gasteiger partial charge on any atom is -0.496 e. The first kappa shape index (κ1) is 32.7. The SMILES string of the molecule is CCONC1=NC[C@H](Cc2cc(Cl)ccc2OC)C(=O)N(C(=O)N[C@H](CC)c2ccc(C(=O)C(O)c3ccccc3)cc2)C1. The van der Waals surface area contributed by atoms with Crippen LogP contribution in [0.2, 0.25) is 5.02 Å². The van der Waals surface area contributed by atoms with Crippen molar-refractivity contribution >= 4 is 35.2 Å². The number of rotatable bonds is 11. The maximum absolute atomic E-state index is 13.8. The molecule has 1 heterocycles. The Bertz CT molecular complexity index is 1480. The summed E-state index contributed by atoms with van der Waals surface area (Å²) in [6.45, 7) is 4.11. The van der Waals surface area contributed by atoms with Gasteiger partial charge < -0.3 is 15.2 Å². The van der Waals surface area contributed by atoms with Crippen LogP contribution in [-0.2, 0) is 16.1 Å². The third kappa shape index (κ3) is 8.02. The molecule has 4 rings (SSSR count). The Hall–Kier alpha value is -4.25. The van der Waals surface area contributed by atoms with Crippen molar-refractivity contribution in [3.05, 3.63) is 100 Å². The number of Topliss-reactive ketones (excluding diaryl/α,β-unsaturated/α-hetero) is 1. The van der Waals surface area contributed by atoms with Gasteiger partial charge in [0.05, 0.1) is 38.8 Å². The molecule has 44 heavy (non-hydrogen) atoms. The Morgan fingerprint density at radius 2 is 1.80 bits per heavy atom. The number of halogens is 1. The van der Waals surface area contributed by atoms with Gasteiger partial charge in [0.1, 0.15) is 17.7 Å². The van der Waals surface area contributed by atoms with Gasteiger partial charge in [-0.15, -0.1) is 0 Å². The molecule has 0 bridgehead atoms. The number of nitrogens with zero attached hydrogens (tertiary/aromatic N) is 2. The molecule has 0 aromatic heterocycles. The van der Waals surface area contributed by atoms with Gasteiger partial charge in [0.25, 0.3) is 0 Å². The van der Waals surface area contributed by atoms with Gasteiger partial charge in [-0.25, -0.2) is 4.79 Å². The second kappa shape index (κ2) is 15.5. The van der Waals surface area contributed by atoms with E-state index in [0.717, 1.165) is 16.0 Å². The van der Waals surface area contributed by atoms with Gasteiger partial charge in [0, 0.05) is 10.6 Å². The van der Waals surface area contributed by atoms with Crippen LogP contribution in [0.1, 0.15) is 59.5 Å². The Kier molecular flexibility index (Phi) is 11.5. The average Bonchev–Trinajstić information content (AvgIpc) is 3.20. The summed E-state index contributed by atoms with van der Waals surface area (Å²) in [5, 5.41) is 14.0. The number of nitrogens with one attached hydrogen (secondary N) is 2. The lowest BCUT2D eigenvalue weighted by Crippen LogP contribution is -2.50. The van der Waals surface area contributed by atoms with Crippen LogP contribution in [0.4, 0.5) is 4.79 Å². The first-order chi connectivity index (χ1) is 21.2. The molecule has 1 aliphatic heterocycles. The fourth-order valence-electron chi connectivity index (χ4n) is 4.98. The number of urea groups is 1. The van der Waals surface area contributed by atoms with Crippen molar-refractivity contribution in [2.24, 2.45) is 10.9 Å². The molecule has 11 heteroatoms. The lowest BCUT2D eigenvalue weighted by Gasteiger charge is -2.26. The van der Waals surface area contributed by atoms with Crippen molar-refractivity contribution in [1.82, 2.24) is 15.7 Å². The van der Waals surface area contributed by atoms with E-state index in [0.29, 0.717) is 40.8 Å². The van der Waals surface area contributed by atoms with E-state index >= 15 is 0 Å². The number of aliphatic hydroxyl groups is 1. The Morgan fingerprint density at radius 3 is 2.45 bits per heavy atom. The molecule has 3 aromatic carbocycles. The van der Waals surface area contributed by atoms with E-state index in [1.165, 1.54) is 0 Å². The number of hydrogen-bond donors (Lipinski definition) is 3. The van der Waals surface area contributed by atoms with E-state index in [1.807, 2.05) is 13.0 Å². The van der Waals surface area contributed by atoms with E-state index in [9.17, 15) is 19.5 Å². The Morgan fingerprint density at radius 1 is 1.07 bits per heavy atom. The summed E-state index contributed by atoms with van der Waals surface area (Å²) in [5.41, 5.74) is 5.08. The van der Waals surface area contributed by atoms with Crippen molar-refractivity contribution in [2.75, 3.05) is 26.8 Å². The molecule has 3 N–H and O–H groups in total. The molecule has 1 unspecified atom stereocenters. The molecule has 232 valence electrons. The van der Waals surface area contributed by atoms with Crippen LogP contribution in [0.3, 0.4) is 0 Å². The number of benzene rings is 3. The average molecular weight is 621 g/mol. The number of ketones is 1. The highest BCUT2D eigenvalue weighted by molar-refractivity contribution is 6.30. The summed E-state index contributed by atoms with van der Waals surface area (Å²) in [7, 11) is 1.54. The summed E-state index contributed by atoms with van der Waals surface area (Å²) in [6.07, 6.45) is -0.493. The number of amides is 3. The normalized spacial score (nSPS) is 16.4. The van der Waals surface area contributed by atoms with E-state index in [4.69, 9.17) is 21.2 Å². The van der Waals surface area contributed by atoms with Crippen molar-refractivity contribution in [3.63, 3.8) is 0 Å². The van der Waals surface area contributed by atoms with Crippen molar-refractivity contribution in [3.8, 4) is 5.75 Å². The van der Waals surface area contributed by atoms with Crippen molar-refractivity contribution in [2.45, 2.75) is 38.8 Å². The first-order valence-corrected chi connectivity index (χ1v) is 14.9. The Labute approximate surface area is 262 Å². The van der Waals surface area contributed by atoms with Crippen LogP contribution in [-0.4, -0.2) is 60.4 Å². The lowest BCUT2D eigenvalue weighted by atomic mass is 9.97. The first-order valence-electron chi connectivity index (χ1n) is 14.5. The topological polar surface area (TPSA) is 130 Å². The zero-order valence-corrected chi connectivity index (χ0v) is 25.7. The van der Waals surface area contributed by atoms with Crippen molar-refractivity contribution in [1.29, 1.82) is 0 Å². The standard InChI is InChI=1S/C33H37ClN4O6/c1-4-27(21-11-13-23(14-12-21)31(40)30(39)22-9-7-6-8-10-22)36-33(42)38-20-29(37-44-5-2)35-19-25(32(38)41)17-24-18-26(34)15-16-28(24)43-3/h6-16,18,25,27,30,39H,4-5,17,19-20H2,1-3H3,(H,35,37)(H,36,42)/t25-,27+,30?/m0/s1. The maximum Gasteiger partial charge on any atom is 0.325 e. The van der Waals surface area contributed by atoms with E-state index in [2.05, 4.69) is 15.8 Å². The second-order valence-corrected chi connectivity index (χ2v) is 10.8. The molecule has 0 aliphatic carbocycles. The number of carbonyl (C=O) groups excluding carboxylic acids is 3. The third-order valence-corrected chi connectivity index (χ3v) is 7.62. The molecule has 0 radical (unpaired) electrons. The quantitative estimate of drug-likeness (QED) is 0.202. The number of carbonyl (C=O) groups is 3. The lowest BCUT2D eigenvalue weighted by molar-refractivity contribution is -0.131. The summed E-state index contributed by atoms with van der Waals surface area (Å²) in [5.74, 6) is -0.541. The van der Waals surface area contributed by atoms with E-state index in [1.54, 1.807) is 80.8 Å². The number of ether oxygens (including phenoxy) is 1. The van der Waals surface area contributed by atoms with Gasteiger partial charge in [-0.2, -0.15) is 0 Å². The zero-order chi connectivity index (χ0) is 31.6. The highest BCUT2D eigenvalue weighted by Gasteiger charge is 2.34. The predicted molar refractivity (Wildman–Crippen MR) is 168 cm³/mol. The number of amidine groups is 1. The zero-order valence-electron chi connectivity index (χ0n) is 25.0. The number of hydrogen-bond acceptors (Lipinski definition) is 8. The van der Waals surface area contributed by atoms with Crippen LogP contribution < -0.4 is 15.5 Å². The largest absolute Gasteiger partial charge is 0.496 e. The fourth-order valence-corrected chi connectivity index (χ4v) is 5.18. The monoisotopic (exact) mass is 620 g/mol. The smallest absolute Gasteiger partial charge is 0.325 e. The van der Waals surface area contributed by atoms with Crippen molar-refractivity contribution < 1.29 is 29.1 Å². The minimum atomic E-state index is -1.28. The molecule has 3 atom stereocenters. The summed E-state index contributed by atoms with van der Waals surface area (Å²) in [6, 6.07) is 19.6. The number of methoxy groups -OCH3 is 1. The summed E-state index contributed by atoms with van der Waals surface area (Å²) >= 11 is 6.22. The number of aliphatic hydroxyl groups excluding tert-OH is 1. The fraction of sp³-hybridized carbons (Fsp3) is 0.333. The molecule has 3 amide bonds. The van der Waals surface area contributed by atoms with Crippen LogP contribution in [0, 0.1) is 5.92 Å². The molecule has 0 saturated carbocycles. The van der Waals surface area contributed by atoms with Crippen LogP contribution >= 0.6 is 11.6 Å². The molecular formula is C33H37ClN4O6. The predicted octanol–water partition coefficient (Wildman–Crippen LogP) is 5.07. The van der Waals surface area contributed by atoms with Crippen LogP contribution in [0.25, 0.3) is 0 Å². The molecule has 0 spiro atoms. The molecule has 1 aliphatic rings. The van der Waals surface area contributed by atoms with Gasteiger partial charge in [0.15, 0.2) is 5.78 Å². The second-order valence-electron chi connectivity index (χ2n) is 10.3. The van der Waals surface area contributed by atoms with Gasteiger partial charge >= 0.3 is 6.03 Å². The third-order valence-electron chi connectivity index (χ3n) is 7.38. The minimum absolute atomic E-state index is 0.102. The highest BCUT2D eigenvalue weighted by Crippen LogP contribution is 2.27. The molecule has 0 saturated heterocycles. The number of imide groups is 1. The van der Waals surface area contributed by atoms with Gasteiger partial charge in [-0.3, -0.25) is 29.8 Å². The molecule has 3 aromatic rings. The van der Waals surface area contributed by atoms with Gasteiger partial charge in [-0.1, -0.05) is 73.1 Å². The van der Waals surface area contributed by atoms with Gasteiger partial charge in [-0.05, 0) is 54.7 Å². The molecular weight excluding hydrogens is 584 g/mol. The number of hydroxylamine groups is 1.